The molecule has 1 atom stereocenters. The third kappa shape index (κ3) is 6.00. The van der Waals surface area contributed by atoms with Crippen LogP contribution in [-0.2, 0) is 9.59 Å². The van der Waals surface area contributed by atoms with E-state index < -0.39 is 5.92 Å². The number of hydrogen-bond donors (Lipinski definition) is 3. The summed E-state index contributed by atoms with van der Waals surface area (Å²) in [5.41, 5.74) is 9.01. The Hall–Kier alpha value is -4.22. The Balaban J connectivity index is 1.61. The van der Waals surface area contributed by atoms with Gasteiger partial charge in [-0.15, -0.1) is 0 Å². The highest BCUT2D eigenvalue weighted by molar-refractivity contribution is 8.03. The van der Waals surface area contributed by atoms with Crippen LogP contribution in [0.25, 0.3) is 0 Å². The number of anilines is 2. The fraction of sp³-hybridized carbons (Fsp3) is 0.281. The molecule has 206 valence electrons. The topological polar surface area (TPSA) is 107 Å². The number of thioether (sulfide) groups is 1. The van der Waals surface area contributed by atoms with E-state index in [4.69, 9.17) is 4.42 Å². The van der Waals surface area contributed by atoms with Crippen molar-refractivity contribution in [2.75, 3.05) is 16.4 Å². The molecule has 4 rings (SSSR count). The monoisotopic (exact) mass is 554 g/mol. The molecule has 0 unspecified atom stereocenters. The van der Waals surface area contributed by atoms with Gasteiger partial charge in [0.2, 0.25) is 5.91 Å². The number of hydrogen-bond acceptors (Lipinski definition) is 6. The largest absolute Gasteiger partial charge is 0.468 e. The number of nitrogens with zero attached hydrogens (tertiary/aromatic N) is 1. The van der Waals surface area contributed by atoms with Gasteiger partial charge in [-0.1, -0.05) is 47.2 Å². The van der Waals surface area contributed by atoms with E-state index in [0.29, 0.717) is 27.6 Å². The molecule has 2 amide bonds. The quantitative estimate of drug-likeness (QED) is 0.295. The Labute approximate surface area is 239 Å². The van der Waals surface area contributed by atoms with Crippen LogP contribution in [0.4, 0.5) is 11.4 Å². The molecule has 0 bridgehead atoms. The molecule has 7 nitrogen and oxygen atoms in total. The van der Waals surface area contributed by atoms with Gasteiger partial charge in [-0.05, 0) is 82.9 Å². The van der Waals surface area contributed by atoms with Crippen molar-refractivity contribution in [2.24, 2.45) is 0 Å². The van der Waals surface area contributed by atoms with Crippen LogP contribution in [0.1, 0.15) is 52.0 Å². The Morgan fingerprint density at radius 3 is 1.98 bits per heavy atom. The number of rotatable bonds is 7. The number of carbonyl (C=O) groups is 2. The Morgan fingerprint density at radius 1 is 0.925 bits per heavy atom. The Kier molecular flexibility index (Phi) is 8.55. The summed E-state index contributed by atoms with van der Waals surface area (Å²) in [7, 11) is 0. The van der Waals surface area contributed by atoms with Crippen LogP contribution < -0.4 is 16.0 Å². The number of aryl methyl sites for hydroxylation is 6. The SMILES string of the molecule is CC1=C(C(=O)Nc2c(C)cc(C)cc2C)[C@H](c2ccco2)C(C#N)=C(SCC(=O)Nc2c(C)cc(C)cc2C)N1. The second-order valence-electron chi connectivity index (χ2n) is 10.3. The normalized spacial score (nSPS) is 15.0. The summed E-state index contributed by atoms with van der Waals surface area (Å²) in [6, 6.07) is 13.9. The van der Waals surface area contributed by atoms with Crippen LogP contribution in [0.15, 0.2) is 69.0 Å². The van der Waals surface area contributed by atoms with Crippen molar-refractivity contribution in [1.82, 2.24) is 5.32 Å². The van der Waals surface area contributed by atoms with Gasteiger partial charge in [0.15, 0.2) is 0 Å². The predicted molar refractivity (Wildman–Crippen MR) is 161 cm³/mol. The van der Waals surface area contributed by atoms with Crippen LogP contribution in [0.5, 0.6) is 0 Å². The maximum absolute atomic E-state index is 13.7. The molecular formula is C32H34N4O3S. The van der Waals surface area contributed by atoms with Crippen molar-refractivity contribution >= 4 is 35.0 Å². The second-order valence-corrected chi connectivity index (χ2v) is 11.3. The molecule has 0 spiro atoms. The minimum atomic E-state index is -0.723. The molecule has 0 radical (unpaired) electrons. The fourth-order valence-electron chi connectivity index (χ4n) is 5.32. The molecule has 3 N–H and O–H groups in total. The molecule has 0 fully saturated rings. The standard InChI is InChI=1S/C32H34N4O3S/c1-17-11-19(3)29(20(4)12-17)35-26(37)16-40-32-24(15-33)28(25-9-8-10-39-25)27(23(7)34-32)31(38)36-30-21(5)13-18(2)14-22(30)6/h8-14,28,34H,16H2,1-7H3,(H,35,37)(H,36,38)/t28-/m0/s1. The first kappa shape index (κ1) is 28.8. The van der Waals surface area contributed by atoms with E-state index in [-0.39, 0.29) is 17.6 Å². The van der Waals surface area contributed by atoms with Gasteiger partial charge in [0.25, 0.3) is 5.91 Å². The summed E-state index contributed by atoms with van der Waals surface area (Å²) in [6.07, 6.45) is 1.53. The first-order chi connectivity index (χ1) is 19.0. The lowest BCUT2D eigenvalue weighted by molar-refractivity contribution is -0.114. The highest BCUT2D eigenvalue weighted by atomic mass is 32.2. The molecule has 3 aromatic rings. The van der Waals surface area contributed by atoms with E-state index in [1.165, 1.54) is 18.0 Å². The van der Waals surface area contributed by atoms with Crippen LogP contribution >= 0.6 is 11.8 Å². The van der Waals surface area contributed by atoms with Gasteiger partial charge < -0.3 is 20.4 Å². The Bertz CT molecular complexity index is 1550. The van der Waals surface area contributed by atoms with Gasteiger partial charge in [-0.3, -0.25) is 9.59 Å². The van der Waals surface area contributed by atoms with Gasteiger partial charge in [0.1, 0.15) is 5.76 Å². The van der Waals surface area contributed by atoms with E-state index in [9.17, 15) is 14.9 Å². The number of nitriles is 1. The van der Waals surface area contributed by atoms with Crippen molar-refractivity contribution in [2.45, 2.75) is 54.4 Å². The summed E-state index contributed by atoms with van der Waals surface area (Å²) in [4.78, 5) is 26.7. The molecule has 1 aromatic heterocycles. The molecule has 0 aliphatic carbocycles. The number of furan rings is 1. The van der Waals surface area contributed by atoms with Crippen molar-refractivity contribution in [3.05, 3.63) is 104 Å². The average molecular weight is 555 g/mol. The average Bonchev–Trinajstić information content (AvgIpc) is 3.41. The first-order valence-electron chi connectivity index (χ1n) is 13.0. The zero-order valence-corrected chi connectivity index (χ0v) is 24.7. The van der Waals surface area contributed by atoms with E-state index in [1.807, 2.05) is 65.8 Å². The molecule has 0 saturated carbocycles. The summed E-state index contributed by atoms with van der Waals surface area (Å²) in [5, 5.41) is 20.1. The molecule has 1 aliphatic rings. The third-order valence-electron chi connectivity index (χ3n) is 6.92. The molecule has 40 heavy (non-hydrogen) atoms. The van der Waals surface area contributed by atoms with Gasteiger partial charge in [-0.25, -0.2) is 0 Å². The maximum atomic E-state index is 13.7. The maximum Gasteiger partial charge on any atom is 0.254 e. The number of benzene rings is 2. The van der Waals surface area contributed by atoms with Crippen LogP contribution in [0.3, 0.4) is 0 Å². The lowest BCUT2D eigenvalue weighted by Crippen LogP contribution is -2.31. The van der Waals surface area contributed by atoms with Gasteiger partial charge in [0, 0.05) is 17.1 Å². The number of carbonyl (C=O) groups excluding carboxylic acids is 2. The summed E-state index contributed by atoms with van der Waals surface area (Å²) >= 11 is 1.23. The molecule has 1 aliphatic heterocycles. The van der Waals surface area contributed by atoms with Crippen molar-refractivity contribution in [3.8, 4) is 6.07 Å². The molecule has 2 heterocycles. The van der Waals surface area contributed by atoms with E-state index in [0.717, 1.165) is 44.8 Å². The van der Waals surface area contributed by atoms with Gasteiger partial charge in [-0.2, -0.15) is 5.26 Å². The molecule has 8 heteroatoms. The minimum Gasteiger partial charge on any atom is -0.468 e. The predicted octanol–water partition coefficient (Wildman–Crippen LogP) is 6.84. The Morgan fingerprint density at radius 2 is 1.48 bits per heavy atom. The van der Waals surface area contributed by atoms with Crippen molar-refractivity contribution in [1.29, 1.82) is 5.26 Å². The molecular weight excluding hydrogens is 520 g/mol. The number of dihydropyridines is 1. The summed E-state index contributed by atoms with van der Waals surface area (Å²) in [6.45, 7) is 13.7. The highest BCUT2D eigenvalue weighted by Gasteiger charge is 2.36. The zero-order chi connectivity index (χ0) is 29.1. The molecule has 0 saturated heterocycles. The van der Waals surface area contributed by atoms with Crippen LogP contribution in [-0.4, -0.2) is 17.6 Å². The van der Waals surface area contributed by atoms with E-state index in [2.05, 4.69) is 22.0 Å². The smallest absolute Gasteiger partial charge is 0.254 e. The van der Waals surface area contributed by atoms with Crippen molar-refractivity contribution < 1.29 is 14.0 Å². The van der Waals surface area contributed by atoms with E-state index >= 15 is 0 Å². The third-order valence-corrected chi connectivity index (χ3v) is 7.94. The lowest BCUT2D eigenvalue weighted by Gasteiger charge is -2.28. The lowest BCUT2D eigenvalue weighted by atomic mass is 9.85. The number of allylic oxidation sites excluding steroid dienone is 2. The summed E-state index contributed by atoms with van der Waals surface area (Å²) in [5.74, 6) is -0.660. The first-order valence-corrected chi connectivity index (χ1v) is 14.0. The van der Waals surface area contributed by atoms with Crippen molar-refractivity contribution in [3.63, 3.8) is 0 Å². The number of nitrogens with one attached hydrogen (secondary N) is 3. The molecule has 2 aromatic carbocycles. The second kappa shape index (κ2) is 11.9. The summed E-state index contributed by atoms with van der Waals surface area (Å²) < 4.78 is 5.72. The van der Waals surface area contributed by atoms with Gasteiger partial charge >= 0.3 is 0 Å². The van der Waals surface area contributed by atoms with Gasteiger partial charge in [0.05, 0.1) is 40.2 Å². The fourth-order valence-corrected chi connectivity index (χ4v) is 6.21. The minimum absolute atomic E-state index is 0.0850. The zero-order valence-electron chi connectivity index (χ0n) is 23.9. The van der Waals surface area contributed by atoms with Crippen LogP contribution in [0.2, 0.25) is 0 Å². The highest BCUT2D eigenvalue weighted by Crippen LogP contribution is 2.41. The van der Waals surface area contributed by atoms with E-state index in [1.54, 1.807) is 19.1 Å². The number of amides is 2. The van der Waals surface area contributed by atoms with Crippen LogP contribution in [0, 0.1) is 52.9 Å².